The maximum absolute atomic E-state index is 5.93. The molecule has 0 amide bonds. The van der Waals surface area contributed by atoms with E-state index in [2.05, 4.69) is 26.7 Å². The molecule has 5 rings (SSSR count). The number of hydrogen-bond donors (Lipinski definition) is 0. The van der Waals surface area contributed by atoms with E-state index in [1.54, 1.807) is 0 Å². The number of nitrogens with zero attached hydrogens (tertiary/aromatic N) is 3. The second-order valence-corrected chi connectivity index (χ2v) is 6.94. The third-order valence-corrected chi connectivity index (χ3v) is 5.25. The zero-order valence-corrected chi connectivity index (χ0v) is 14.1. The maximum atomic E-state index is 5.93. The zero-order chi connectivity index (χ0) is 16.6. The van der Waals surface area contributed by atoms with Crippen molar-refractivity contribution in [3.05, 3.63) is 48.3 Å². The molecule has 2 aliphatic rings. The molecular formula is C20H21N3O2. The first-order valence-electron chi connectivity index (χ1n) is 9.07. The number of ether oxygens (including phenoxy) is 2. The summed E-state index contributed by atoms with van der Waals surface area (Å²) < 4.78 is 13.9. The van der Waals surface area contributed by atoms with Gasteiger partial charge in [0.15, 0.2) is 6.10 Å². The third-order valence-electron chi connectivity index (χ3n) is 5.25. The summed E-state index contributed by atoms with van der Waals surface area (Å²) in [6, 6.07) is 12.9. The molecule has 128 valence electrons. The fraction of sp³-hybridized carbons (Fsp3) is 0.400. The van der Waals surface area contributed by atoms with Crippen molar-refractivity contribution in [2.45, 2.75) is 44.2 Å². The van der Waals surface area contributed by atoms with Gasteiger partial charge in [0.05, 0.1) is 23.8 Å². The number of fused-ring (bicyclic) bond motifs is 3. The molecule has 1 saturated carbocycles. The highest BCUT2D eigenvalue weighted by Gasteiger charge is 2.27. The van der Waals surface area contributed by atoms with Gasteiger partial charge in [-0.2, -0.15) is 4.98 Å². The molecule has 1 aliphatic carbocycles. The van der Waals surface area contributed by atoms with Crippen LogP contribution < -0.4 is 9.47 Å². The van der Waals surface area contributed by atoms with Crippen LogP contribution in [0.4, 0.5) is 0 Å². The molecule has 0 N–H and O–H groups in total. The second kappa shape index (κ2) is 6.06. The molecule has 0 bridgehead atoms. The first kappa shape index (κ1) is 14.8. The lowest BCUT2D eigenvalue weighted by atomic mass is 10.0. The van der Waals surface area contributed by atoms with Gasteiger partial charge in [0.2, 0.25) is 0 Å². The molecule has 1 aromatic carbocycles. The van der Waals surface area contributed by atoms with Gasteiger partial charge in [0.25, 0.3) is 6.01 Å². The predicted octanol–water partition coefficient (Wildman–Crippen LogP) is 3.93. The van der Waals surface area contributed by atoms with Crippen molar-refractivity contribution < 1.29 is 9.47 Å². The van der Waals surface area contributed by atoms with Crippen LogP contribution >= 0.6 is 0 Å². The fourth-order valence-electron chi connectivity index (χ4n) is 3.93. The summed E-state index contributed by atoms with van der Waals surface area (Å²) in [5.41, 5.74) is 3.29. The Morgan fingerprint density at radius 1 is 1.12 bits per heavy atom. The summed E-state index contributed by atoms with van der Waals surface area (Å²) in [6.07, 6.45) is 7.02. The first-order valence-corrected chi connectivity index (χ1v) is 9.07. The average Bonchev–Trinajstić information content (AvgIpc) is 3.36. The van der Waals surface area contributed by atoms with E-state index in [4.69, 9.17) is 9.47 Å². The van der Waals surface area contributed by atoms with E-state index in [0.29, 0.717) is 18.5 Å². The van der Waals surface area contributed by atoms with E-state index in [-0.39, 0.29) is 6.10 Å². The van der Waals surface area contributed by atoms with Crippen LogP contribution in [0.25, 0.3) is 11.0 Å². The summed E-state index contributed by atoms with van der Waals surface area (Å²) >= 11 is 0. The lowest BCUT2D eigenvalue weighted by molar-refractivity contribution is 0.143. The number of benzene rings is 1. The van der Waals surface area contributed by atoms with Crippen LogP contribution in [0, 0.1) is 0 Å². The van der Waals surface area contributed by atoms with Gasteiger partial charge in [-0.1, -0.05) is 25.0 Å². The van der Waals surface area contributed by atoms with Crippen LogP contribution in [0.1, 0.15) is 37.3 Å². The van der Waals surface area contributed by atoms with Crippen molar-refractivity contribution >= 4 is 11.0 Å². The van der Waals surface area contributed by atoms with Crippen LogP contribution in [-0.4, -0.2) is 27.2 Å². The number of imidazole rings is 1. The largest absolute Gasteiger partial charge is 0.488 e. The zero-order valence-electron chi connectivity index (χ0n) is 14.1. The quantitative estimate of drug-likeness (QED) is 0.725. The van der Waals surface area contributed by atoms with Crippen molar-refractivity contribution in [3.63, 3.8) is 0 Å². The summed E-state index contributed by atoms with van der Waals surface area (Å²) in [7, 11) is 0. The molecule has 0 saturated heterocycles. The fourth-order valence-corrected chi connectivity index (χ4v) is 3.93. The molecule has 1 fully saturated rings. The third kappa shape index (κ3) is 2.73. The summed E-state index contributed by atoms with van der Waals surface area (Å²) in [4.78, 5) is 9.12. The lowest BCUT2D eigenvalue weighted by Gasteiger charge is -2.13. The maximum Gasteiger partial charge on any atom is 0.297 e. The van der Waals surface area contributed by atoms with Crippen molar-refractivity contribution in [3.8, 4) is 11.8 Å². The lowest BCUT2D eigenvalue weighted by Crippen LogP contribution is -2.23. The van der Waals surface area contributed by atoms with Gasteiger partial charge in [0, 0.05) is 11.6 Å². The monoisotopic (exact) mass is 335 g/mol. The summed E-state index contributed by atoms with van der Waals surface area (Å²) in [5, 5.41) is 0. The van der Waals surface area contributed by atoms with Gasteiger partial charge in [0.1, 0.15) is 12.4 Å². The van der Waals surface area contributed by atoms with E-state index in [0.717, 1.165) is 23.3 Å². The highest BCUT2D eigenvalue weighted by molar-refractivity contribution is 5.76. The van der Waals surface area contributed by atoms with Gasteiger partial charge < -0.3 is 9.47 Å². The van der Waals surface area contributed by atoms with Crippen molar-refractivity contribution in [1.29, 1.82) is 0 Å². The topological polar surface area (TPSA) is 49.2 Å². The molecular weight excluding hydrogens is 314 g/mol. The standard InChI is InChI=1S/C20H21N3O2/c1-2-6-14(5-1)17-10-9-15(11-21-17)24-13-16-12-23-19-8-4-3-7-18(19)22-20(23)25-16/h3-4,7-11,14,16H,1-2,5-6,12-13H2/t16-/m0/s1. The summed E-state index contributed by atoms with van der Waals surface area (Å²) in [5.74, 6) is 1.44. The van der Waals surface area contributed by atoms with Crippen LogP contribution in [0.3, 0.4) is 0 Å². The average molecular weight is 335 g/mol. The Balaban J connectivity index is 1.22. The highest BCUT2D eigenvalue weighted by atomic mass is 16.6. The summed E-state index contributed by atoms with van der Waals surface area (Å²) in [6.45, 7) is 1.27. The number of rotatable bonds is 4. The molecule has 2 aromatic heterocycles. The Morgan fingerprint density at radius 2 is 2.00 bits per heavy atom. The number of hydrogen-bond acceptors (Lipinski definition) is 4. The minimum Gasteiger partial charge on any atom is -0.488 e. The first-order chi connectivity index (χ1) is 12.4. The van der Waals surface area contributed by atoms with E-state index < -0.39 is 0 Å². The van der Waals surface area contributed by atoms with Crippen LogP contribution in [0.15, 0.2) is 42.6 Å². The number of pyridine rings is 1. The van der Waals surface area contributed by atoms with Gasteiger partial charge in [-0.05, 0) is 37.1 Å². The number of aromatic nitrogens is 3. The molecule has 5 heteroatoms. The van der Waals surface area contributed by atoms with Crippen LogP contribution in [0.2, 0.25) is 0 Å². The highest BCUT2D eigenvalue weighted by Crippen LogP contribution is 2.33. The Morgan fingerprint density at radius 3 is 2.84 bits per heavy atom. The molecule has 5 nitrogen and oxygen atoms in total. The second-order valence-electron chi connectivity index (χ2n) is 6.94. The van der Waals surface area contributed by atoms with Gasteiger partial charge >= 0.3 is 0 Å². The molecule has 1 atom stereocenters. The minimum absolute atomic E-state index is 0.0124. The number of para-hydroxylation sites is 2. The molecule has 0 spiro atoms. The van der Waals surface area contributed by atoms with Gasteiger partial charge in [-0.3, -0.25) is 9.55 Å². The SMILES string of the molecule is c1ccc2c(c1)nc1n2C[C@@H](COc2ccc(C3CCCC3)nc2)O1. The smallest absolute Gasteiger partial charge is 0.297 e. The Kier molecular flexibility index (Phi) is 3.58. The van der Waals surface area contributed by atoms with E-state index in [1.807, 2.05) is 30.5 Å². The molecule has 1 aliphatic heterocycles. The minimum atomic E-state index is -0.0124. The van der Waals surface area contributed by atoms with Gasteiger partial charge in [-0.25, -0.2) is 0 Å². The molecule has 3 aromatic rings. The Hall–Kier alpha value is -2.56. The van der Waals surface area contributed by atoms with Crippen LogP contribution in [0.5, 0.6) is 11.8 Å². The van der Waals surface area contributed by atoms with Crippen molar-refractivity contribution in [2.75, 3.05) is 6.61 Å². The van der Waals surface area contributed by atoms with Gasteiger partial charge in [-0.15, -0.1) is 0 Å². The molecule has 3 heterocycles. The van der Waals surface area contributed by atoms with Crippen molar-refractivity contribution in [1.82, 2.24) is 14.5 Å². The normalized spacial score (nSPS) is 19.9. The van der Waals surface area contributed by atoms with E-state index in [1.165, 1.54) is 31.4 Å². The predicted molar refractivity (Wildman–Crippen MR) is 95.1 cm³/mol. The van der Waals surface area contributed by atoms with E-state index >= 15 is 0 Å². The van der Waals surface area contributed by atoms with Crippen molar-refractivity contribution in [2.24, 2.45) is 0 Å². The molecule has 0 unspecified atom stereocenters. The Bertz CT molecular complexity index is 882. The molecule has 0 radical (unpaired) electrons. The Labute approximate surface area is 146 Å². The molecule has 25 heavy (non-hydrogen) atoms. The van der Waals surface area contributed by atoms with Crippen LogP contribution in [-0.2, 0) is 6.54 Å². The van der Waals surface area contributed by atoms with E-state index in [9.17, 15) is 0 Å².